The zero-order valence-electron chi connectivity index (χ0n) is 11.2. The van der Waals surface area contributed by atoms with E-state index in [2.05, 4.69) is 5.32 Å². The lowest BCUT2D eigenvalue weighted by atomic mass is 10.2. The van der Waals surface area contributed by atoms with E-state index in [9.17, 15) is 18.4 Å². The number of carbonyl (C=O) groups excluding carboxylic acids is 1. The highest BCUT2D eigenvalue weighted by molar-refractivity contribution is 8.00. The molecule has 2 rings (SSSR count). The first-order chi connectivity index (χ1) is 9.93. The zero-order chi connectivity index (χ0) is 15.6. The van der Waals surface area contributed by atoms with Gasteiger partial charge in [-0.1, -0.05) is 6.92 Å². The van der Waals surface area contributed by atoms with Gasteiger partial charge in [-0.15, -0.1) is 11.8 Å². The van der Waals surface area contributed by atoms with Gasteiger partial charge in [-0.3, -0.25) is 4.90 Å². The van der Waals surface area contributed by atoms with Crippen LogP contribution in [-0.4, -0.2) is 39.2 Å². The molecule has 2 N–H and O–H groups in total. The third kappa shape index (κ3) is 3.26. The fourth-order valence-corrected chi connectivity index (χ4v) is 3.46. The minimum absolute atomic E-state index is 0.183. The summed E-state index contributed by atoms with van der Waals surface area (Å²) < 4.78 is 26.4. The molecule has 1 aliphatic rings. The van der Waals surface area contributed by atoms with Crippen molar-refractivity contribution in [3.05, 3.63) is 29.8 Å². The number of benzene rings is 1. The Morgan fingerprint density at radius 3 is 2.76 bits per heavy atom. The van der Waals surface area contributed by atoms with E-state index in [0.717, 1.165) is 12.1 Å². The summed E-state index contributed by atoms with van der Waals surface area (Å²) in [7, 11) is 0. The molecule has 0 bridgehead atoms. The van der Waals surface area contributed by atoms with E-state index >= 15 is 0 Å². The van der Waals surface area contributed by atoms with Gasteiger partial charge in [0.2, 0.25) is 0 Å². The van der Waals surface area contributed by atoms with Crippen LogP contribution in [0.15, 0.2) is 18.2 Å². The average Bonchev–Trinajstić information content (AvgIpc) is 2.86. The van der Waals surface area contributed by atoms with Crippen molar-refractivity contribution in [2.45, 2.75) is 24.8 Å². The Labute approximate surface area is 124 Å². The number of rotatable bonds is 3. The molecule has 8 heteroatoms. The van der Waals surface area contributed by atoms with Crippen molar-refractivity contribution >= 4 is 29.4 Å². The van der Waals surface area contributed by atoms with Crippen LogP contribution in [0.1, 0.15) is 13.3 Å². The molecule has 1 heterocycles. The van der Waals surface area contributed by atoms with E-state index in [1.807, 2.05) is 6.92 Å². The van der Waals surface area contributed by atoms with Crippen LogP contribution in [0.25, 0.3) is 0 Å². The van der Waals surface area contributed by atoms with Gasteiger partial charge < -0.3 is 10.4 Å². The topological polar surface area (TPSA) is 69.6 Å². The molecule has 0 aromatic heterocycles. The molecule has 1 saturated heterocycles. The Hall–Kier alpha value is -1.83. The van der Waals surface area contributed by atoms with Crippen LogP contribution >= 0.6 is 11.8 Å². The molecule has 0 radical (unpaired) electrons. The molecule has 0 saturated carbocycles. The van der Waals surface area contributed by atoms with Crippen LogP contribution in [0, 0.1) is 11.6 Å². The number of hydrogen-bond donors (Lipinski definition) is 2. The summed E-state index contributed by atoms with van der Waals surface area (Å²) in [6, 6.07) is 1.11. The molecule has 1 aromatic rings. The lowest BCUT2D eigenvalue weighted by molar-refractivity contribution is -0.141. The number of halogens is 2. The van der Waals surface area contributed by atoms with Gasteiger partial charge in [0.25, 0.3) is 0 Å². The molecule has 1 aliphatic heterocycles. The Kier molecular flexibility index (Phi) is 4.66. The lowest BCUT2D eigenvalue weighted by Gasteiger charge is -2.26. The van der Waals surface area contributed by atoms with Crippen LogP contribution in [0.4, 0.5) is 19.3 Å². The van der Waals surface area contributed by atoms with Gasteiger partial charge in [0.15, 0.2) is 0 Å². The Morgan fingerprint density at radius 1 is 1.48 bits per heavy atom. The number of carbonyl (C=O) groups is 2. The number of carboxylic acid groups (broad SMARTS) is 1. The Bertz CT molecular complexity index is 570. The molecular formula is C13H14F2N2O3S. The molecule has 21 heavy (non-hydrogen) atoms. The van der Waals surface area contributed by atoms with Gasteiger partial charge in [-0.2, -0.15) is 0 Å². The molecule has 114 valence electrons. The number of thioether (sulfide) groups is 1. The smallest absolute Gasteiger partial charge is 0.327 e. The standard InChI is InChI=1S/C13H14F2N2O3S/c1-2-11-17(10(6-21-11)12(18)19)13(20)16-9-4-3-7(14)5-8(9)15/h3-5,10-11H,2,6H2,1H3,(H,16,20)(H,18,19). The number of hydrogen-bond acceptors (Lipinski definition) is 3. The number of carboxylic acids is 1. The zero-order valence-corrected chi connectivity index (χ0v) is 12.0. The van der Waals surface area contributed by atoms with E-state index < -0.39 is 29.7 Å². The number of urea groups is 1. The van der Waals surface area contributed by atoms with Crippen LogP contribution in [0.5, 0.6) is 0 Å². The van der Waals surface area contributed by atoms with Crippen LogP contribution in [0.3, 0.4) is 0 Å². The van der Waals surface area contributed by atoms with Crippen molar-refractivity contribution in [3.63, 3.8) is 0 Å². The largest absolute Gasteiger partial charge is 0.480 e. The van der Waals surface area contributed by atoms with Gasteiger partial charge in [-0.25, -0.2) is 18.4 Å². The van der Waals surface area contributed by atoms with Gasteiger partial charge in [0.1, 0.15) is 17.7 Å². The van der Waals surface area contributed by atoms with Gasteiger partial charge in [-0.05, 0) is 18.6 Å². The number of nitrogens with zero attached hydrogens (tertiary/aromatic N) is 1. The highest BCUT2D eigenvalue weighted by atomic mass is 32.2. The predicted molar refractivity (Wildman–Crippen MR) is 75.2 cm³/mol. The number of amides is 2. The monoisotopic (exact) mass is 316 g/mol. The average molecular weight is 316 g/mol. The molecule has 5 nitrogen and oxygen atoms in total. The number of aliphatic carboxylic acids is 1. The second-order valence-electron chi connectivity index (χ2n) is 4.51. The maximum atomic E-state index is 13.5. The molecule has 0 spiro atoms. The van der Waals surface area contributed by atoms with E-state index in [1.165, 1.54) is 16.7 Å². The van der Waals surface area contributed by atoms with Gasteiger partial charge in [0, 0.05) is 11.8 Å². The first-order valence-electron chi connectivity index (χ1n) is 6.32. The first-order valence-corrected chi connectivity index (χ1v) is 7.37. The molecule has 2 amide bonds. The predicted octanol–water partition coefficient (Wildman–Crippen LogP) is 2.73. The molecule has 2 unspecified atom stereocenters. The van der Waals surface area contributed by atoms with Crippen molar-refractivity contribution in [1.82, 2.24) is 4.90 Å². The second-order valence-corrected chi connectivity index (χ2v) is 5.72. The minimum Gasteiger partial charge on any atom is -0.480 e. The summed E-state index contributed by atoms with van der Waals surface area (Å²) in [5.74, 6) is -2.48. The van der Waals surface area contributed by atoms with Crippen molar-refractivity contribution in [3.8, 4) is 0 Å². The maximum Gasteiger partial charge on any atom is 0.327 e. The van der Waals surface area contributed by atoms with E-state index in [-0.39, 0.29) is 16.8 Å². The summed E-state index contributed by atoms with van der Waals surface area (Å²) in [5.41, 5.74) is -0.183. The lowest BCUT2D eigenvalue weighted by Crippen LogP contribution is -2.47. The normalized spacial score (nSPS) is 21.4. The highest BCUT2D eigenvalue weighted by Crippen LogP contribution is 2.32. The number of nitrogens with one attached hydrogen (secondary N) is 1. The molecule has 1 aromatic carbocycles. The summed E-state index contributed by atoms with van der Waals surface area (Å²) in [6.07, 6.45) is 0.577. The Morgan fingerprint density at radius 2 is 2.19 bits per heavy atom. The van der Waals surface area contributed by atoms with Crippen molar-refractivity contribution in [2.75, 3.05) is 11.1 Å². The third-order valence-electron chi connectivity index (χ3n) is 3.13. The summed E-state index contributed by atoms with van der Waals surface area (Å²) in [5, 5.41) is 11.2. The van der Waals surface area contributed by atoms with Crippen LogP contribution in [0.2, 0.25) is 0 Å². The summed E-state index contributed by atoms with van der Waals surface area (Å²) in [4.78, 5) is 24.6. The fraction of sp³-hybridized carbons (Fsp3) is 0.385. The number of anilines is 1. The van der Waals surface area contributed by atoms with Gasteiger partial charge in [0.05, 0.1) is 11.1 Å². The third-order valence-corrected chi connectivity index (χ3v) is 4.59. The quantitative estimate of drug-likeness (QED) is 0.899. The first kappa shape index (κ1) is 15.6. The maximum absolute atomic E-state index is 13.5. The molecule has 1 fully saturated rings. The van der Waals surface area contributed by atoms with Crippen molar-refractivity contribution in [2.24, 2.45) is 0 Å². The molecular weight excluding hydrogens is 302 g/mol. The van der Waals surface area contributed by atoms with Gasteiger partial charge >= 0.3 is 12.0 Å². The molecule has 0 aliphatic carbocycles. The van der Waals surface area contributed by atoms with Crippen LogP contribution in [-0.2, 0) is 4.79 Å². The van der Waals surface area contributed by atoms with Crippen molar-refractivity contribution in [1.29, 1.82) is 0 Å². The van der Waals surface area contributed by atoms with Crippen molar-refractivity contribution < 1.29 is 23.5 Å². The summed E-state index contributed by atoms with van der Waals surface area (Å²) in [6.45, 7) is 1.83. The second kappa shape index (κ2) is 6.30. The summed E-state index contributed by atoms with van der Waals surface area (Å²) >= 11 is 1.36. The van der Waals surface area contributed by atoms with E-state index in [0.29, 0.717) is 12.5 Å². The molecule has 2 atom stereocenters. The van der Waals surface area contributed by atoms with E-state index in [4.69, 9.17) is 5.11 Å². The van der Waals surface area contributed by atoms with Crippen LogP contribution < -0.4 is 5.32 Å². The fourth-order valence-electron chi connectivity index (χ4n) is 2.11. The highest BCUT2D eigenvalue weighted by Gasteiger charge is 2.41. The van der Waals surface area contributed by atoms with E-state index in [1.54, 1.807) is 0 Å². The SMILES string of the molecule is CCC1SCC(C(=O)O)N1C(=O)Nc1ccc(F)cc1F. The minimum atomic E-state index is -1.10. The Balaban J connectivity index is 2.18.